The zero-order valence-electron chi connectivity index (χ0n) is 18.9. The van der Waals surface area contributed by atoms with E-state index in [2.05, 4.69) is 10.6 Å². The molecule has 2 heterocycles. The maximum absolute atomic E-state index is 13.7. The van der Waals surface area contributed by atoms with E-state index < -0.39 is 11.5 Å². The van der Waals surface area contributed by atoms with Crippen molar-refractivity contribution in [2.45, 2.75) is 39.7 Å². The zero-order valence-corrected chi connectivity index (χ0v) is 18.9. The summed E-state index contributed by atoms with van der Waals surface area (Å²) in [4.78, 5) is 27.1. The molecule has 0 radical (unpaired) electrons. The third kappa shape index (κ3) is 3.98. The lowest BCUT2D eigenvalue weighted by Gasteiger charge is -2.43. The Morgan fingerprint density at radius 3 is 2.56 bits per heavy atom. The van der Waals surface area contributed by atoms with E-state index in [1.165, 1.54) is 6.08 Å². The molecule has 1 aromatic heterocycles. The first-order valence-corrected chi connectivity index (χ1v) is 10.8. The standard InChI is InChI=1S/C27H28N2O3/c1-17-8-5-10-21(14-17)27(16-22-11-7-13-32-22)25(24(30)15-19(3)29-27)26(31)28-23-12-6-9-18(2)20(23)4/h5-15,25,29H,16H2,1-4H3,(H,28,31). The number of anilines is 1. The molecule has 1 aliphatic heterocycles. The van der Waals surface area contributed by atoms with Gasteiger partial charge in [-0.05, 0) is 62.6 Å². The molecule has 0 bridgehead atoms. The number of amides is 1. The first kappa shape index (κ1) is 21.6. The second-order valence-electron chi connectivity index (χ2n) is 8.62. The quantitative estimate of drug-likeness (QED) is 0.563. The van der Waals surface area contributed by atoms with Crippen LogP contribution < -0.4 is 10.6 Å². The van der Waals surface area contributed by atoms with Crippen LogP contribution in [0.15, 0.2) is 77.1 Å². The molecule has 1 amide bonds. The molecule has 2 unspecified atom stereocenters. The van der Waals surface area contributed by atoms with Crippen molar-refractivity contribution in [3.8, 4) is 0 Å². The zero-order chi connectivity index (χ0) is 22.9. The first-order chi connectivity index (χ1) is 15.3. The van der Waals surface area contributed by atoms with Crippen molar-refractivity contribution in [2.75, 3.05) is 5.32 Å². The minimum absolute atomic E-state index is 0.225. The van der Waals surface area contributed by atoms with Gasteiger partial charge in [0.15, 0.2) is 5.78 Å². The van der Waals surface area contributed by atoms with E-state index in [0.29, 0.717) is 17.9 Å². The van der Waals surface area contributed by atoms with Crippen LogP contribution in [0.4, 0.5) is 5.69 Å². The Kier molecular flexibility index (Phi) is 5.74. The van der Waals surface area contributed by atoms with E-state index in [1.54, 1.807) is 6.26 Å². The average Bonchev–Trinajstić information content (AvgIpc) is 3.23. The van der Waals surface area contributed by atoms with Crippen LogP contribution >= 0.6 is 0 Å². The molecule has 0 saturated heterocycles. The summed E-state index contributed by atoms with van der Waals surface area (Å²) in [5.41, 5.74) is 4.43. The Balaban J connectivity index is 1.84. The van der Waals surface area contributed by atoms with Gasteiger partial charge in [-0.1, -0.05) is 42.0 Å². The van der Waals surface area contributed by atoms with Crippen LogP contribution in [-0.2, 0) is 21.5 Å². The fourth-order valence-corrected chi connectivity index (χ4v) is 4.54. The van der Waals surface area contributed by atoms with Crippen molar-refractivity contribution < 1.29 is 14.0 Å². The van der Waals surface area contributed by atoms with Gasteiger partial charge in [0.25, 0.3) is 0 Å². The molecule has 32 heavy (non-hydrogen) atoms. The van der Waals surface area contributed by atoms with Gasteiger partial charge < -0.3 is 15.1 Å². The molecule has 3 aromatic rings. The fraction of sp³-hybridized carbons (Fsp3) is 0.259. The van der Waals surface area contributed by atoms with Gasteiger partial charge in [-0.2, -0.15) is 0 Å². The van der Waals surface area contributed by atoms with Crippen LogP contribution in [0.3, 0.4) is 0 Å². The van der Waals surface area contributed by atoms with E-state index in [1.807, 2.05) is 82.3 Å². The summed E-state index contributed by atoms with van der Waals surface area (Å²) >= 11 is 0. The Hall–Kier alpha value is -3.60. The number of carbonyl (C=O) groups excluding carboxylic acids is 2. The Bertz CT molecular complexity index is 1190. The maximum Gasteiger partial charge on any atom is 0.238 e. The van der Waals surface area contributed by atoms with Crippen LogP contribution in [0.2, 0.25) is 0 Å². The number of aryl methyl sites for hydroxylation is 2. The lowest BCUT2D eigenvalue weighted by Crippen LogP contribution is -2.58. The number of nitrogens with one attached hydrogen (secondary N) is 2. The molecule has 1 aliphatic rings. The molecular weight excluding hydrogens is 400 g/mol. The average molecular weight is 429 g/mol. The van der Waals surface area contributed by atoms with Gasteiger partial charge in [0.2, 0.25) is 5.91 Å². The second-order valence-corrected chi connectivity index (χ2v) is 8.62. The van der Waals surface area contributed by atoms with E-state index in [0.717, 1.165) is 28.0 Å². The molecule has 2 atom stereocenters. The van der Waals surface area contributed by atoms with Gasteiger partial charge in [-0.25, -0.2) is 0 Å². The number of furan rings is 1. The molecule has 5 nitrogen and oxygen atoms in total. The van der Waals surface area contributed by atoms with Crippen LogP contribution in [0.1, 0.15) is 34.9 Å². The summed E-state index contributed by atoms with van der Waals surface area (Å²) < 4.78 is 5.66. The van der Waals surface area contributed by atoms with Gasteiger partial charge in [0.05, 0.1) is 11.8 Å². The van der Waals surface area contributed by atoms with Crippen LogP contribution in [0, 0.1) is 26.7 Å². The van der Waals surface area contributed by atoms with Crippen molar-refractivity contribution >= 4 is 17.4 Å². The number of carbonyl (C=O) groups is 2. The summed E-state index contributed by atoms with van der Waals surface area (Å²) in [5.74, 6) is -0.839. The summed E-state index contributed by atoms with van der Waals surface area (Å²) in [6, 6.07) is 17.4. The Labute approximate surface area is 188 Å². The van der Waals surface area contributed by atoms with Crippen molar-refractivity contribution in [3.05, 3.63) is 101 Å². The summed E-state index contributed by atoms with van der Waals surface area (Å²) in [5, 5.41) is 6.53. The predicted molar refractivity (Wildman–Crippen MR) is 125 cm³/mol. The molecule has 5 heteroatoms. The van der Waals surface area contributed by atoms with Gasteiger partial charge >= 0.3 is 0 Å². The smallest absolute Gasteiger partial charge is 0.238 e. The third-order valence-electron chi connectivity index (χ3n) is 6.25. The molecule has 2 N–H and O–H groups in total. The minimum atomic E-state index is -0.985. The lowest BCUT2D eigenvalue weighted by molar-refractivity contribution is -0.133. The third-order valence-corrected chi connectivity index (χ3v) is 6.25. The Morgan fingerprint density at radius 2 is 1.84 bits per heavy atom. The number of rotatable bonds is 5. The second kappa shape index (κ2) is 8.50. The highest BCUT2D eigenvalue weighted by molar-refractivity contribution is 6.13. The van der Waals surface area contributed by atoms with E-state index in [-0.39, 0.29) is 11.7 Å². The fourth-order valence-electron chi connectivity index (χ4n) is 4.54. The monoisotopic (exact) mass is 428 g/mol. The van der Waals surface area contributed by atoms with Crippen LogP contribution in [0.25, 0.3) is 0 Å². The molecule has 0 saturated carbocycles. The SMILES string of the molecule is CC1=CC(=O)C(C(=O)Nc2cccc(C)c2C)C(Cc2ccco2)(c2cccc(C)c2)N1. The highest BCUT2D eigenvalue weighted by atomic mass is 16.3. The van der Waals surface area contributed by atoms with Gasteiger partial charge in [0.1, 0.15) is 11.7 Å². The number of ketones is 1. The number of hydrogen-bond donors (Lipinski definition) is 2. The summed E-state index contributed by atoms with van der Waals surface area (Å²) in [7, 11) is 0. The predicted octanol–water partition coefficient (Wildman–Crippen LogP) is 4.97. The van der Waals surface area contributed by atoms with E-state index >= 15 is 0 Å². The molecular formula is C27H28N2O3. The molecule has 0 spiro atoms. The number of allylic oxidation sites excluding steroid dienone is 2. The van der Waals surface area contributed by atoms with Crippen molar-refractivity contribution in [1.29, 1.82) is 0 Å². The molecule has 2 aromatic carbocycles. The molecule has 164 valence electrons. The molecule has 0 fully saturated rings. The van der Waals surface area contributed by atoms with E-state index in [9.17, 15) is 9.59 Å². The van der Waals surface area contributed by atoms with Crippen LogP contribution in [-0.4, -0.2) is 11.7 Å². The van der Waals surface area contributed by atoms with Crippen molar-refractivity contribution in [2.24, 2.45) is 5.92 Å². The maximum atomic E-state index is 13.7. The van der Waals surface area contributed by atoms with Gasteiger partial charge in [-0.3, -0.25) is 9.59 Å². The number of hydrogen-bond acceptors (Lipinski definition) is 4. The summed E-state index contributed by atoms with van der Waals surface area (Å²) in [6.45, 7) is 7.82. The van der Waals surface area contributed by atoms with E-state index in [4.69, 9.17) is 4.42 Å². The topological polar surface area (TPSA) is 71.3 Å². The highest BCUT2D eigenvalue weighted by Crippen LogP contribution is 2.39. The molecule has 0 aliphatic carbocycles. The first-order valence-electron chi connectivity index (χ1n) is 10.8. The largest absolute Gasteiger partial charge is 0.469 e. The highest BCUT2D eigenvalue weighted by Gasteiger charge is 2.51. The normalized spacial score (nSPS) is 20.4. The summed E-state index contributed by atoms with van der Waals surface area (Å²) in [6.07, 6.45) is 3.48. The lowest BCUT2D eigenvalue weighted by atomic mass is 9.70. The minimum Gasteiger partial charge on any atom is -0.469 e. The van der Waals surface area contributed by atoms with Gasteiger partial charge in [-0.15, -0.1) is 0 Å². The Morgan fingerprint density at radius 1 is 1.06 bits per heavy atom. The van der Waals surface area contributed by atoms with Crippen LogP contribution in [0.5, 0.6) is 0 Å². The van der Waals surface area contributed by atoms with Crippen molar-refractivity contribution in [3.63, 3.8) is 0 Å². The number of benzene rings is 2. The molecule has 4 rings (SSSR count). The van der Waals surface area contributed by atoms with Crippen molar-refractivity contribution in [1.82, 2.24) is 5.32 Å². The van der Waals surface area contributed by atoms with Gasteiger partial charge in [0, 0.05) is 23.9 Å².